The zero-order valence-corrected chi connectivity index (χ0v) is 17.7. The Morgan fingerprint density at radius 2 is 1.91 bits per heavy atom. The first-order chi connectivity index (χ1) is 15.5. The van der Waals surface area contributed by atoms with Crippen LogP contribution in [0.25, 0.3) is 5.69 Å². The second-order valence-electron chi connectivity index (χ2n) is 8.01. The first-order valence-electron chi connectivity index (χ1n) is 10.7. The van der Waals surface area contributed by atoms with Crippen LogP contribution in [0.2, 0.25) is 0 Å². The van der Waals surface area contributed by atoms with Crippen molar-refractivity contribution < 1.29 is 18.7 Å². The molecule has 2 heterocycles. The van der Waals surface area contributed by atoms with E-state index in [2.05, 4.69) is 10.4 Å². The number of amides is 2. The number of methoxy groups -OCH3 is 1. The monoisotopic (exact) mass is 434 g/mol. The summed E-state index contributed by atoms with van der Waals surface area (Å²) in [5.74, 6) is -0.0262. The molecule has 0 saturated carbocycles. The highest BCUT2D eigenvalue weighted by molar-refractivity contribution is 6.05. The number of hydrogen-bond acceptors (Lipinski definition) is 4. The van der Waals surface area contributed by atoms with E-state index in [4.69, 9.17) is 4.74 Å². The molecule has 1 fully saturated rings. The summed E-state index contributed by atoms with van der Waals surface area (Å²) in [4.78, 5) is 26.9. The second-order valence-corrected chi connectivity index (χ2v) is 8.01. The first kappa shape index (κ1) is 20.2. The molecule has 1 N–H and O–H groups in total. The van der Waals surface area contributed by atoms with Crippen molar-refractivity contribution in [1.82, 2.24) is 9.78 Å². The fourth-order valence-electron chi connectivity index (χ4n) is 4.49. The number of carbonyl (C=O) groups is 2. The lowest BCUT2D eigenvalue weighted by Crippen LogP contribution is -2.24. The lowest BCUT2D eigenvalue weighted by atomic mass is 10.2. The molecule has 2 amide bonds. The number of aromatic nitrogens is 2. The SMILES string of the molecule is COc1cc(NC(=O)c2nn(-c3ccc(F)cc3)c3c2CCC3)ccc1N1CCCC1=O. The second kappa shape index (κ2) is 8.11. The van der Waals surface area contributed by atoms with E-state index in [9.17, 15) is 14.0 Å². The summed E-state index contributed by atoms with van der Waals surface area (Å²) < 4.78 is 20.6. The smallest absolute Gasteiger partial charge is 0.276 e. The van der Waals surface area contributed by atoms with Gasteiger partial charge in [-0.25, -0.2) is 9.07 Å². The Balaban J connectivity index is 1.42. The summed E-state index contributed by atoms with van der Waals surface area (Å²) in [6, 6.07) is 11.4. The Kier molecular flexibility index (Phi) is 5.13. The van der Waals surface area contributed by atoms with Gasteiger partial charge in [0, 0.05) is 36.0 Å². The average molecular weight is 434 g/mol. The summed E-state index contributed by atoms with van der Waals surface area (Å²) >= 11 is 0. The number of carbonyl (C=O) groups excluding carboxylic acids is 2. The molecule has 164 valence electrons. The van der Waals surface area contributed by atoms with E-state index in [1.807, 2.05) is 0 Å². The number of fused-ring (bicyclic) bond motifs is 1. The summed E-state index contributed by atoms with van der Waals surface area (Å²) in [5.41, 5.74) is 4.28. The fraction of sp³-hybridized carbons (Fsp3) is 0.292. The average Bonchev–Trinajstić information content (AvgIpc) is 3.51. The molecule has 5 rings (SSSR count). The number of benzene rings is 2. The van der Waals surface area contributed by atoms with Gasteiger partial charge in [-0.1, -0.05) is 0 Å². The highest BCUT2D eigenvalue weighted by Gasteiger charge is 2.28. The van der Waals surface area contributed by atoms with E-state index >= 15 is 0 Å². The molecule has 7 nitrogen and oxygen atoms in total. The van der Waals surface area contributed by atoms with Gasteiger partial charge < -0.3 is 15.0 Å². The van der Waals surface area contributed by atoms with Crippen LogP contribution in [0.3, 0.4) is 0 Å². The molecule has 0 bridgehead atoms. The Labute approximate surface area is 184 Å². The summed E-state index contributed by atoms with van der Waals surface area (Å²) in [5, 5.41) is 7.47. The maximum atomic E-state index is 13.3. The van der Waals surface area contributed by atoms with Crippen molar-refractivity contribution in [2.24, 2.45) is 0 Å². The van der Waals surface area contributed by atoms with Crippen LogP contribution in [0.5, 0.6) is 5.75 Å². The zero-order valence-electron chi connectivity index (χ0n) is 17.7. The Morgan fingerprint density at radius 1 is 1.09 bits per heavy atom. The van der Waals surface area contributed by atoms with Gasteiger partial charge in [0.2, 0.25) is 5.91 Å². The third kappa shape index (κ3) is 3.51. The molecule has 1 aromatic heterocycles. The molecule has 1 aliphatic heterocycles. The number of halogens is 1. The predicted octanol–water partition coefficient (Wildman–Crippen LogP) is 3.89. The molecule has 1 saturated heterocycles. The van der Waals surface area contributed by atoms with E-state index in [1.165, 1.54) is 12.1 Å². The molecule has 0 spiro atoms. The summed E-state index contributed by atoms with van der Waals surface area (Å²) in [6.45, 7) is 0.661. The highest BCUT2D eigenvalue weighted by Crippen LogP contribution is 2.34. The number of ether oxygens (including phenoxy) is 1. The normalized spacial score (nSPS) is 15.2. The van der Waals surface area contributed by atoms with Gasteiger partial charge in [-0.3, -0.25) is 9.59 Å². The van der Waals surface area contributed by atoms with Gasteiger partial charge in [-0.15, -0.1) is 0 Å². The Hall–Kier alpha value is -3.68. The van der Waals surface area contributed by atoms with Crippen molar-refractivity contribution in [3.63, 3.8) is 0 Å². The van der Waals surface area contributed by atoms with Crippen LogP contribution in [0.1, 0.15) is 41.0 Å². The van der Waals surface area contributed by atoms with Gasteiger partial charge in [-0.2, -0.15) is 5.10 Å². The Bertz CT molecular complexity index is 1200. The molecular formula is C24H23FN4O3. The molecule has 1 aliphatic carbocycles. The van der Waals surface area contributed by atoms with Crippen LogP contribution in [0, 0.1) is 5.82 Å². The minimum Gasteiger partial charge on any atom is -0.494 e. The third-order valence-corrected chi connectivity index (χ3v) is 6.02. The molecule has 0 radical (unpaired) electrons. The number of anilines is 2. The third-order valence-electron chi connectivity index (χ3n) is 6.02. The van der Waals surface area contributed by atoms with E-state index in [-0.39, 0.29) is 17.6 Å². The predicted molar refractivity (Wildman–Crippen MR) is 118 cm³/mol. The number of rotatable bonds is 5. The van der Waals surface area contributed by atoms with Gasteiger partial charge in [0.25, 0.3) is 5.91 Å². The summed E-state index contributed by atoms with van der Waals surface area (Å²) in [6.07, 6.45) is 3.89. The molecule has 0 atom stereocenters. The van der Waals surface area contributed by atoms with Crippen molar-refractivity contribution in [1.29, 1.82) is 0 Å². The van der Waals surface area contributed by atoms with Gasteiger partial charge in [0.1, 0.15) is 11.6 Å². The largest absolute Gasteiger partial charge is 0.494 e. The highest BCUT2D eigenvalue weighted by atomic mass is 19.1. The molecule has 32 heavy (non-hydrogen) atoms. The maximum absolute atomic E-state index is 13.3. The molecule has 8 heteroatoms. The van der Waals surface area contributed by atoms with E-state index in [0.717, 1.165) is 42.6 Å². The summed E-state index contributed by atoms with van der Waals surface area (Å²) in [7, 11) is 1.54. The lowest BCUT2D eigenvalue weighted by molar-refractivity contribution is -0.117. The van der Waals surface area contributed by atoms with E-state index < -0.39 is 0 Å². The van der Waals surface area contributed by atoms with Crippen LogP contribution in [0.15, 0.2) is 42.5 Å². The van der Waals surface area contributed by atoms with Gasteiger partial charge in [0.05, 0.1) is 18.5 Å². The van der Waals surface area contributed by atoms with Crippen molar-refractivity contribution in [2.45, 2.75) is 32.1 Å². The number of nitrogens with zero attached hydrogens (tertiary/aromatic N) is 3. The lowest BCUT2D eigenvalue weighted by Gasteiger charge is -2.19. The quantitative estimate of drug-likeness (QED) is 0.661. The maximum Gasteiger partial charge on any atom is 0.276 e. The molecular weight excluding hydrogens is 411 g/mol. The topological polar surface area (TPSA) is 76.5 Å². The minimum atomic E-state index is -0.316. The van der Waals surface area contributed by atoms with Crippen LogP contribution in [-0.4, -0.2) is 35.2 Å². The van der Waals surface area contributed by atoms with Crippen molar-refractivity contribution in [3.05, 3.63) is 65.2 Å². The zero-order chi connectivity index (χ0) is 22.2. The van der Waals surface area contributed by atoms with Gasteiger partial charge in [0.15, 0.2) is 5.69 Å². The molecule has 2 aromatic carbocycles. The molecule has 2 aliphatic rings. The first-order valence-corrected chi connectivity index (χ1v) is 10.7. The van der Waals surface area contributed by atoms with Crippen LogP contribution in [-0.2, 0) is 17.6 Å². The van der Waals surface area contributed by atoms with E-state index in [0.29, 0.717) is 35.8 Å². The van der Waals surface area contributed by atoms with Crippen LogP contribution in [0.4, 0.5) is 15.8 Å². The fourth-order valence-corrected chi connectivity index (χ4v) is 4.49. The van der Waals surface area contributed by atoms with Crippen molar-refractivity contribution >= 4 is 23.2 Å². The van der Waals surface area contributed by atoms with Gasteiger partial charge in [-0.05, 0) is 62.1 Å². The van der Waals surface area contributed by atoms with Crippen molar-refractivity contribution in [3.8, 4) is 11.4 Å². The number of hydrogen-bond donors (Lipinski definition) is 1. The molecule has 0 unspecified atom stereocenters. The number of nitrogens with one attached hydrogen (secondary N) is 1. The van der Waals surface area contributed by atoms with Crippen LogP contribution < -0.4 is 15.0 Å². The van der Waals surface area contributed by atoms with Crippen LogP contribution >= 0.6 is 0 Å². The Morgan fingerprint density at radius 3 is 2.62 bits per heavy atom. The standard InChI is InChI=1S/C24H23FN4O3/c1-32-21-14-16(9-12-20(21)28-13-3-6-22(28)30)26-24(31)23-18-4-2-5-19(18)29(27-23)17-10-7-15(25)8-11-17/h7-12,14H,2-6,13H2,1H3,(H,26,31). The van der Waals surface area contributed by atoms with Gasteiger partial charge >= 0.3 is 0 Å². The molecule has 3 aromatic rings. The minimum absolute atomic E-state index is 0.0713. The van der Waals surface area contributed by atoms with Crippen molar-refractivity contribution in [2.75, 3.05) is 23.9 Å². The van der Waals surface area contributed by atoms with E-state index in [1.54, 1.807) is 47.0 Å².